The summed E-state index contributed by atoms with van der Waals surface area (Å²) in [5, 5.41) is 0.679. The second kappa shape index (κ2) is 3.62. The zero-order chi connectivity index (χ0) is 11.8. The first-order valence-electron chi connectivity index (χ1n) is 4.33. The summed E-state index contributed by atoms with van der Waals surface area (Å²) in [5.74, 6) is 0. The highest BCUT2D eigenvalue weighted by Gasteiger charge is 2.07. The Kier molecular flexibility index (Phi) is 2.41. The molecule has 84 valence electrons. The van der Waals surface area contributed by atoms with Gasteiger partial charge in [0.15, 0.2) is 0 Å². The number of nitrogens with one attached hydrogen (secondary N) is 1. The molecule has 7 heteroatoms. The quantitative estimate of drug-likeness (QED) is 0.741. The first-order chi connectivity index (χ1) is 7.47. The van der Waals surface area contributed by atoms with Crippen molar-refractivity contribution in [3.63, 3.8) is 0 Å². The molecule has 0 aliphatic carbocycles. The van der Waals surface area contributed by atoms with Crippen molar-refractivity contribution >= 4 is 21.2 Å². The first kappa shape index (κ1) is 10.7. The summed E-state index contributed by atoms with van der Waals surface area (Å²) in [5.41, 5.74) is -0.205. The third kappa shape index (κ3) is 2.05. The molecule has 0 unspecified atom stereocenters. The number of rotatable bonds is 2. The number of nitrogens with zero attached hydrogens (tertiary/aromatic N) is 1. The monoisotopic (exact) mass is 240 g/mol. The van der Waals surface area contributed by atoms with E-state index in [0.29, 0.717) is 10.9 Å². The van der Waals surface area contributed by atoms with Crippen molar-refractivity contribution in [3.05, 3.63) is 46.8 Å². The lowest BCUT2D eigenvalue weighted by molar-refractivity contribution is 0.483. The molecule has 6 nitrogen and oxygen atoms in total. The molecule has 0 radical (unpaired) electrons. The maximum Gasteiger partial charge on any atom is 0.371 e. The molecule has 0 saturated carbocycles. The van der Waals surface area contributed by atoms with E-state index in [1.165, 1.54) is 6.07 Å². The van der Waals surface area contributed by atoms with Crippen LogP contribution >= 0.6 is 0 Å². The third-order valence-corrected chi connectivity index (χ3v) is 2.42. The Morgan fingerprint density at radius 2 is 1.81 bits per heavy atom. The number of fused-ring (bicyclic) bond motifs is 1. The van der Waals surface area contributed by atoms with Crippen molar-refractivity contribution in [2.24, 2.45) is 0 Å². The normalized spacial score (nSPS) is 11.6. The molecule has 2 rings (SSSR count). The Morgan fingerprint density at radius 3 is 2.50 bits per heavy atom. The fourth-order valence-corrected chi connectivity index (χ4v) is 1.81. The molecule has 1 heterocycles. The number of para-hydroxylation sites is 1. The van der Waals surface area contributed by atoms with E-state index in [0.717, 1.165) is 4.68 Å². The largest absolute Gasteiger partial charge is 0.371 e. The van der Waals surface area contributed by atoms with Gasteiger partial charge in [-0.1, -0.05) is 18.2 Å². The lowest BCUT2D eigenvalue weighted by Gasteiger charge is -2.09. The van der Waals surface area contributed by atoms with E-state index in [1.54, 1.807) is 35.2 Å². The van der Waals surface area contributed by atoms with Gasteiger partial charge in [-0.05, 0) is 12.1 Å². The minimum Gasteiger partial charge on any atom is -0.268 e. The van der Waals surface area contributed by atoms with Crippen molar-refractivity contribution < 1.29 is 13.0 Å². The van der Waals surface area contributed by atoms with Gasteiger partial charge in [0.1, 0.15) is 0 Å². The molecular formula is C9H8N2O4S. The highest BCUT2D eigenvalue weighted by molar-refractivity contribution is 7.86. The Bertz CT molecular complexity index is 690. The summed E-state index contributed by atoms with van der Waals surface area (Å²) in [6.45, 7) is 0. The molecule has 0 fully saturated rings. The lowest BCUT2D eigenvalue weighted by Crippen LogP contribution is -2.32. The van der Waals surface area contributed by atoms with Crippen LogP contribution in [0.4, 0.5) is 0 Å². The molecule has 2 aromatic rings. The van der Waals surface area contributed by atoms with Crippen LogP contribution in [-0.2, 0) is 10.3 Å². The molecule has 0 saturated heterocycles. The van der Waals surface area contributed by atoms with Crippen LogP contribution < -0.4 is 10.4 Å². The van der Waals surface area contributed by atoms with E-state index in [2.05, 4.69) is 0 Å². The zero-order valence-corrected chi connectivity index (χ0v) is 8.81. The van der Waals surface area contributed by atoms with Crippen LogP contribution in [0.5, 0.6) is 0 Å². The molecule has 0 aliphatic heterocycles. The summed E-state index contributed by atoms with van der Waals surface area (Å²) in [4.78, 5) is 13.2. The fraction of sp³-hybridized carbons (Fsp3) is 0. The molecule has 0 spiro atoms. The first-order valence-corrected chi connectivity index (χ1v) is 5.77. The zero-order valence-electron chi connectivity index (χ0n) is 7.99. The predicted octanol–water partition coefficient (Wildman–Crippen LogP) is 0.348. The maximum absolute atomic E-state index is 11.4. The summed E-state index contributed by atoms with van der Waals surface area (Å²) in [6, 6.07) is 9.47. The topological polar surface area (TPSA) is 88.4 Å². The molecule has 2 N–H and O–H groups in total. The van der Waals surface area contributed by atoms with Crippen molar-refractivity contribution in [3.8, 4) is 0 Å². The predicted molar refractivity (Wildman–Crippen MR) is 59.1 cm³/mol. The van der Waals surface area contributed by atoms with E-state index < -0.39 is 15.9 Å². The van der Waals surface area contributed by atoms with E-state index >= 15 is 0 Å². The Balaban J connectivity index is 2.76. The molecule has 1 aromatic heterocycles. The second-order valence-electron chi connectivity index (χ2n) is 3.13. The van der Waals surface area contributed by atoms with Crippen LogP contribution in [0.1, 0.15) is 0 Å². The lowest BCUT2D eigenvalue weighted by atomic mass is 10.2. The van der Waals surface area contributed by atoms with Crippen LogP contribution in [0.15, 0.2) is 41.2 Å². The van der Waals surface area contributed by atoms with Crippen molar-refractivity contribution in [2.45, 2.75) is 0 Å². The van der Waals surface area contributed by atoms with Gasteiger partial charge in [0, 0.05) is 11.5 Å². The van der Waals surface area contributed by atoms with Crippen molar-refractivity contribution in [2.75, 3.05) is 4.83 Å². The highest BCUT2D eigenvalue weighted by Crippen LogP contribution is 2.09. The molecule has 0 bridgehead atoms. The van der Waals surface area contributed by atoms with Crippen molar-refractivity contribution in [1.82, 2.24) is 4.68 Å². The van der Waals surface area contributed by atoms with Crippen LogP contribution in [0.2, 0.25) is 0 Å². The second-order valence-corrected chi connectivity index (χ2v) is 4.26. The van der Waals surface area contributed by atoms with Crippen LogP contribution in [0, 0.1) is 0 Å². The van der Waals surface area contributed by atoms with Gasteiger partial charge in [-0.25, -0.2) is 4.68 Å². The Morgan fingerprint density at radius 1 is 1.12 bits per heavy atom. The average Bonchev–Trinajstić information content (AvgIpc) is 2.21. The number of hydrogen-bond acceptors (Lipinski definition) is 3. The van der Waals surface area contributed by atoms with Gasteiger partial charge >= 0.3 is 10.3 Å². The number of hydrogen-bond donors (Lipinski definition) is 2. The smallest absolute Gasteiger partial charge is 0.268 e. The molecule has 0 aliphatic rings. The number of pyridine rings is 1. The molecule has 0 amide bonds. The number of aromatic nitrogens is 1. The Labute approximate surface area is 91.0 Å². The van der Waals surface area contributed by atoms with Crippen LogP contribution in [0.25, 0.3) is 10.9 Å². The summed E-state index contributed by atoms with van der Waals surface area (Å²) in [7, 11) is -4.48. The molecular weight excluding hydrogens is 232 g/mol. The van der Waals surface area contributed by atoms with Crippen LogP contribution in [0.3, 0.4) is 0 Å². The van der Waals surface area contributed by atoms with Gasteiger partial charge in [-0.2, -0.15) is 13.2 Å². The molecule has 1 aromatic carbocycles. The van der Waals surface area contributed by atoms with Gasteiger partial charge < -0.3 is 0 Å². The van der Waals surface area contributed by atoms with Gasteiger partial charge in [0.25, 0.3) is 5.56 Å². The van der Waals surface area contributed by atoms with Gasteiger partial charge in [0.05, 0.1) is 5.52 Å². The fourth-order valence-electron chi connectivity index (χ4n) is 1.40. The molecule has 0 atom stereocenters. The highest BCUT2D eigenvalue weighted by atomic mass is 32.2. The molecule has 16 heavy (non-hydrogen) atoms. The number of benzene rings is 1. The standard InChI is InChI=1S/C9H8N2O4S/c12-9-6-5-7-3-1-2-4-8(7)11(9)10-16(13,14)15/h1-6,10H,(H,13,14,15). The Hall–Kier alpha value is -1.86. The van der Waals surface area contributed by atoms with Crippen LogP contribution in [-0.4, -0.2) is 17.6 Å². The van der Waals surface area contributed by atoms with Crippen molar-refractivity contribution in [1.29, 1.82) is 0 Å². The average molecular weight is 240 g/mol. The van der Waals surface area contributed by atoms with E-state index in [1.807, 2.05) is 0 Å². The van der Waals surface area contributed by atoms with Gasteiger partial charge in [-0.15, -0.1) is 0 Å². The minimum absolute atomic E-state index is 0.368. The SMILES string of the molecule is O=c1ccc2ccccc2n1NS(=O)(=O)O. The summed E-state index contributed by atoms with van der Waals surface area (Å²) < 4.78 is 30.8. The summed E-state index contributed by atoms with van der Waals surface area (Å²) >= 11 is 0. The van der Waals surface area contributed by atoms with E-state index in [9.17, 15) is 13.2 Å². The van der Waals surface area contributed by atoms with E-state index in [-0.39, 0.29) is 0 Å². The maximum atomic E-state index is 11.4. The van der Waals surface area contributed by atoms with Gasteiger partial charge in [0.2, 0.25) is 0 Å². The van der Waals surface area contributed by atoms with E-state index in [4.69, 9.17) is 4.55 Å². The third-order valence-electron chi connectivity index (χ3n) is 2.01. The summed E-state index contributed by atoms with van der Waals surface area (Å²) in [6.07, 6.45) is 0. The minimum atomic E-state index is -4.48. The van der Waals surface area contributed by atoms with Gasteiger partial charge in [-0.3, -0.25) is 9.35 Å².